The maximum absolute atomic E-state index is 12.1. The molecule has 1 saturated carbocycles. The highest BCUT2D eigenvalue weighted by Crippen LogP contribution is 2.30. The van der Waals surface area contributed by atoms with Gasteiger partial charge in [0, 0.05) is 19.0 Å². The van der Waals surface area contributed by atoms with Crippen LogP contribution in [0.1, 0.15) is 52.4 Å². The molecule has 3 unspecified atom stereocenters. The molecular weight excluding hydrogens is 272 g/mol. The number of carbonyl (C=O) groups excluding carboxylic acids is 2. The molecule has 1 aliphatic rings. The molecule has 0 saturated heterocycles. The number of rotatable bonds is 7. The Morgan fingerprint density at radius 2 is 1.81 bits per heavy atom. The first kappa shape index (κ1) is 17.5. The second-order valence-corrected chi connectivity index (χ2v) is 5.75. The summed E-state index contributed by atoms with van der Waals surface area (Å²) >= 11 is 0. The Balaban J connectivity index is 2.35. The smallest absolute Gasteiger partial charge is 0.307 e. The van der Waals surface area contributed by atoms with Gasteiger partial charge in [-0.25, -0.2) is 0 Å². The first-order chi connectivity index (χ1) is 9.95. The van der Waals surface area contributed by atoms with Gasteiger partial charge in [0.2, 0.25) is 11.8 Å². The van der Waals surface area contributed by atoms with Crippen LogP contribution in [0.5, 0.6) is 0 Å². The predicted octanol–water partition coefficient (Wildman–Crippen LogP) is 1.30. The molecule has 6 heteroatoms. The van der Waals surface area contributed by atoms with E-state index in [1.807, 2.05) is 13.8 Å². The predicted molar refractivity (Wildman–Crippen MR) is 78.6 cm³/mol. The molecule has 0 bridgehead atoms. The van der Waals surface area contributed by atoms with Crippen LogP contribution in [0.15, 0.2) is 0 Å². The Hall–Kier alpha value is -1.59. The second-order valence-electron chi connectivity index (χ2n) is 5.75. The number of carboxylic acid groups (broad SMARTS) is 1. The third-order valence-corrected chi connectivity index (χ3v) is 4.09. The normalized spacial score (nSPS) is 23.1. The van der Waals surface area contributed by atoms with Crippen molar-refractivity contribution < 1.29 is 19.5 Å². The maximum Gasteiger partial charge on any atom is 0.307 e. The average Bonchev–Trinajstić information content (AvgIpc) is 2.46. The third-order valence-electron chi connectivity index (χ3n) is 4.09. The van der Waals surface area contributed by atoms with Crippen molar-refractivity contribution >= 4 is 17.8 Å². The SMILES string of the molecule is CCC(C)NC(=O)CCNC(=O)C1CCCCC1C(=O)O. The van der Waals surface area contributed by atoms with Gasteiger partial charge in [0.15, 0.2) is 0 Å². The number of hydrogen-bond acceptors (Lipinski definition) is 3. The Morgan fingerprint density at radius 3 is 2.38 bits per heavy atom. The molecule has 1 fully saturated rings. The highest BCUT2D eigenvalue weighted by molar-refractivity contribution is 5.85. The lowest BCUT2D eigenvalue weighted by molar-refractivity contribution is -0.149. The van der Waals surface area contributed by atoms with Crippen molar-refractivity contribution in [3.8, 4) is 0 Å². The van der Waals surface area contributed by atoms with Crippen molar-refractivity contribution in [1.29, 1.82) is 0 Å². The van der Waals surface area contributed by atoms with E-state index in [0.29, 0.717) is 12.8 Å². The summed E-state index contributed by atoms with van der Waals surface area (Å²) in [5, 5.41) is 14.7. The van der Waals surface area contributed by atoms with Crippen molar-refractivity contribution in [2.24, 2.45) is 11.8 Å². The van der Waals surface area contributed by atoms with Crippen molar-refractivity contribution in [2.45, 2.75) is 58.4 Å². The molecule has 21 heavy (non-hydrogen) atoms. The molecule has 3 N–H and O–H groups in total. The fourth-order valence-electron chi connectivity index (χ4n) is 2.62. The van der Waals surface area contributed by atoms with E-state index in [9.17, 15) is 14.4 Å². The van der Waals surface area contributed by atoms with E-state index in [-0.39, 0.29) is 30.8 Å². The van der Waals surface area contributed by atoms with Crippen LogP contribution in [0.3, 0.4) is 0 Å². The first-order valence-electron chi connectivity index (χ1n) is 7.75. The van der Waals surface area contributed by atoms with Crippen molar-refractivity contribution in [3.05, 3.63) is 0 Å². The Morgan fingerprint density at radius 1 is 1.19 bits per heavy atom. The molecule has 0 spiro atoms. The summed E-state index contributed by atoms with van der Waals surface area (Å²) in [6, 6.07) is 0.128. The van der Waals surface area contributed by atoms with E-state index < -0.39 is 17.8 Å². The zero-order valence-electron chi connectivity index (χ0n) is 12.9. The second kappa shape index (κ2) is 8.64. The molecule has 0 aromatic carbocycles. The molecule has 0 aromatic rings. The van der Waals surface area contributed by atoms with Crippen molar-refractivity contribution in [2.75, 3.05) is 6.54 Å². The molecule has 6 nitrogen and oxygen atoms in total. The Kier molecular flexibility index (Phi) is 7.19. The molecule has 2 amide bonds. The molecule has 0 aromatic heterocycles. The topological polar surface area (TPSA) is 95.5 Å². The maximum atomic E-state index is 12.1. The molecular formula is C15H26N2O4. The monoisotopic (exact) mass is 298 g/mol. The molecule has 1 rings (SSSR count). The fraction of sp³-hybridized carbons (Fsp3) is 0.800. The number of aliphatic carboxylic acids is 1. The summed E-state index contributed by atoms with van der Waals surface area (Å²) in [5.41, 5.74) is 0. The number of hydrogen-bond donors (Lipinski definition) is 3. The van der Waals surface area contributed by atoms with Gasteiger partial charge < -0.3 is 15.7 Å². The van der Waals surface area contributed by atoms with Crippen LogP contribution in [0.25, 0.3) is 0 Å². The molecule has 3 atom stereocenters. The van der Waals surface area contributed by atoms with E-state index in [2.05, 4.69) is 10.6 Å². The van der Waals surface area contributed by atoms with Gasteiger partial charge in [0.25, 0.3) is 0 Å². The summed E-state index contributed by atoms with van der Waals surface area (Å²) < 4.78 is 0. The van der Waals surface area contributed by atoms with Crippen LogP contribution in [0, 0.1) is 11.8 Å². The van der Waals surface area contributed by atoms with Crippen LogP contribution in [0.2, 0.25) is 0 Å². The zero-order chi connectivity index (χ0) is 15.8. The van der Waals surface area contributed by atoms with Gasteiger partial charge in [-0.15, -0.1) is 0 Å². The number of amides is 2. The van der Waals surface area contributed by atoms with E-state index in [1.165, 1.54) is 0 Å². The minimum atomic E-state index is -0.899. The Bertz CT molecular complexity index is 384. The zero-order valence-corrected chi connectivity index (χ0v) is 12.9. The Labute approximate surface area is 125 Å². The standard InChI is InChI=1S/C15H26N2O4/c1-3-10(2)17-13(18)8-9-16-14(19)11-6-4-5-7-12(11)15(20)21/h10-12H,3-9H2,1-2H3,(H,16,19)(H,17,18)(H,20,21). The highest BCUT2D eigenvalue weighted by Gasteiger charge is 2.35. The van der Waals surface area contributed by atoms with Crippen LogP contribution in [0.4, 0.5) is 0 Å². The van der Waals surface area contributed by atoms with Crippen molar-refractivity contribution in [1.82, 2.24) is 10.6 Å². The summed E-state index contributed by atoms with van der Waals surface area (Å²) in [6.45, 7) is 4.17. The average molecular weight is 298 g/mol. The van der Waals surface area contributed by atoms with Crippen LogP contribution < -0.4 is 10.6 Å². The van der Waals surface area contributed by atoms with E-state index in [1.54, 1.807) is 0 Å². The largest absolute Gasteiger partial charge is 0.481 e. The van der Waals surface area contributed by atoms with Crippen molar-refractivity contribution in [3.63, 3.8) is 0 Å². The van der Waals surface area contributed by atoms with E-state index in [4.69, 9.17) is 5.11 Å². The van der Waals surface area contributed by atoms with Crippen LogP contribution >= 0.6 is 0 Å². The minimum absolute atomic E-state index is 0.0944. The first-order valence-corrected chi connectivity index (χ1v) is 7.75. The number of carbonyl (C=O) groups is 3. The van der Waals surface area contributed by atoms with Gasteiger partial charge >= 0.3 is 5.97 Å². The lowest BCUT2D eigenvalue weighted by atomic mass is 9.78. The van der Waals surface area contributed by atoms with Gasteiger partial charge in [-0.1, -0.05) is 19.8 Å². The third kappa shape index (κ3) is 5.73. The van der Waals surface area contributed by atoms with Gasteiger partial charge in [-0.2, -0.15) is 0 Å². The number of carboxylic acids is 1. The fourth-order valence-corrected chi connectivity index (χ4v) is 2.62. The lowest BCUT2D eigenvalue weighted by Crippen LogP contribution is -2.41. The molecule has 120 valence electrons. The summed E-state index contributed by atoms with van der Waals surface area (Å²) in [7, 11) is 0. The lowest BCUT2D eigenvalue weighted by Gasteiger charge is -2.27. The summed E-state index contributed by atoms with van der Waals surface area (Å²) in [5.74, 6) is -2.28. The van der Waals surface area contributed by atoms with Gasteiger partial charge in [0.1, 0.15) is 0 Å². The van der Waals surface area contributed by atoms with Gasteiger partial charge in [-0.3, -0.25) is 14.4 Å². The van der Waals surface area contributed by atoms with E-state index >= 15 is 0 Å². The summed E-state index contributed by atoms with van der Waals surface area (Å²) in [4.78, 5) is 34.8. The van der Waals surface area contributed by atoms with Gasteiger partial charge in [0.05, 0.1) is 11.8 Å². The van der Waals surface area contributed by atoms with Crippen LogP contribution in [-0.4, -0.2) is 35.5 Å². The summed E-state index contributed by atoms with van der Waals surface area (Å²) in [6.07, 6.45) is 4.00. The van der Waals surface area contributed by atoms with Gasteiger partial charge in [-0.05, 0) is 26.2 Å². The molecule has 0 heterocycles. The van der Waals surface area contributed by atoms with Crippen LogP contribution in [-0.2, 0) is 14.4 Å². The highest BCUT2D eigenvalue weighted by atomic mass is 16.4. The van der Waals surface area contributed by atoms with E-state index in [0.717, 1.165) is 19.3 Å². The molecule has 0 radical (unpaired) electrons. The minimum Gasteiger partial charge on any atom is -0.481 e. The molecule has 1 aliphatic carbocycles. The number of nitrogens with one attached hydrogen (secondary N) is 2. The molecule has 0 aliphatic heterocycles. The quantitative estimate of drug-likeness (QED) is 0.660.